The zero-order chi connectivity index (χ0) is 13.7. The third-order valence-corrected chi connectivity index (χ3v) is 3.96. The summed E-state index contributed by atoms with van der Waals surface area (Å²) in [6, 6.07) is 0.642. The second-order valence-corrected chi connectivity index (χ2v) is 5.78. The quantitative estimate of drug-likeness (QED) is 0.756. The summed E-state index contributed by atoms with van der Waals surface area (Å²) in [6.45, 7) is 8.49. The van der Waals surface area contributed by atoms with Crippen LogP contribution in [0.1, 0.15) is 33.1 Å². The maximum atomic E-state index is 12.2. The summed E-state index contributed by atoms with van der Waals surface area (Å²) >= 11 is 0. The molecule has 2 N–H and O–H groups in total. The van der Waals surface area contributed by atoms with E-state index >= 15 is 0 Å². The van der Waals surface area contributed by atoms with Crippen LogP contribution in [0.5, 0.6) is 0 Å². The molecule has 2 saturated heterocycles. The van der Waals surface area contributed by atoms with Gasteiger partial charge < -0.3 is 20.3 Å². The Labute approximate surface area is 116 Å². The number of nitrogens with zero attached hydrogens (tertiary/aromatic N) is 1. The van der Waals surface area contributed by atoms with E-state index in [4.69, 9.17) is 4.74 Å². The Kier molecular flexibility index (Phi) is 5.60. The topological polar surface area (TPSA) is 53.6 Å². The van der Waals surface area contributed by atoms with Crippen molar-refractivity contribution in [3.8, 4) is 0 Å². The normalized spacial score (nSPS) is 27.3. The second-order valence-electron chi connectivity index (χ2n) is 5.78. The monoisotopic (exact) mass is 269 g/mol. The number of hydrogen-bond donors (Lipinski definition) is 2. The lowest BCUT2D eigenvalue weighted by Crippen LogP contribution is -2.50. The van der Waals surface area contributed by atoms with Crippen LogP contribution in [0.3, 0.4) is 0 Å². The molecule has 0 aromatic carbocycles. The van der Waals surface area contributed by atoms with Crippen LogP contribution in [0.2, 0.25) is 0 Å². The van der Waals surface area contributed by atoms with Gasteiger partial charge in [0.15, 0.2) is 0 Å². The summed E-state index contributed by atoms with van der Waals surface area (Å²) in [6.07, 6.45) is 3.30. The summed E-state index contributed by atoms with van der Waals surface area (Å²) in [7, 11) is 0. The molecule has 0 saturated carbocycles. The van der Waals surface area contributed by atoms with E-state index in [0.717, 1.165) is 52.1 Å². The Morgan fingerprint density at radius 2 is 2.16 bits per heavy atom. The van der Waals surface area contributed by atoms with E-state index in [9.17, 15) is 4.79 Å². The third kappa shape index (κ3) is 4.44. The van der Waals surface area contributed by atoms with Crippen molar-refractivity contribution in [2.24, 2.45) is 0 Å². The van der Waals surface area contributed by atoms with Gasteiger partial charge in [-0.15, -0.1) is 0 Å². The number of carbonyl (C=O) groups excluding carboxylic acids is 1. The third-order valence-electron chi connectivity index (χ3n) is 3.96. The number of morpholine rings is 1. The molecule has 5 nitrogen and oxygen atoms in total. The largest absolute Gasteiger partial charge is 0.379 e. The molecule has 19 heavy (non-hydrogen) atoms. The van der Waals surface area contributed by atoms with Gasteiger partial charge in [-0.05, 0) is 33.1 Å². The van der Waals surface area contributed by atoms with Crippen LogP contribution in [-0.2, 0) is 9.53 Å². The summed E-state index contributed by atoms with van der Waals surface area (Å²) in [4.78, 5) is 14.2. The minimum absolute atomic E-state index is 0.0855. The average molecular weight is 269 g/mol. The van der Waals surface area contributed by atoms with Crippen molar-refractivity contribution in [1.29, 1.82) is 0 Å². The summed E-state index contributed by atoms with van der Waals surface area (Å²) < 4.78 is 5.45. The van der Waals surface area contributed by atoms with Gasteiger partial charge >= 0.3 is 0 Å². The smallest absolute Gasteiger partial charge is 0.239 e. The Hall–Kier alpha value is -0.650. The number of likely N-dealkylation sites (tertiary alicyclic amines) is 1. The average Bonchev–Trinajstić information content (AvgIpc) is 2.92. The maximum absolute atomic E-state index is 12.2. The van der Waals surface area contributed by atoms with Crippen molar-refractivity contribution < 1.29 is 9.53 Å². The van der Waals surface area contributed by atoms with Gasteiger partial charge in [-0.25, -0.2) is 0 Å². The van der Waals surface area contributed by atoms with Gasteiger partial charge in [-0.1, -0.05) is 0 Å². The highest BCUT2D eigenvalue weighted by Crippen LogP contribution is 2.10. The molecule has 1 amide bonds. The second kappa shape index (κ2) is 7.22. The fourth-order valence-electron chi connectivity index (χ4n) is 2.98. The number of hydrogen-bond acceptors (Lipinski definition) is 4. The molecule has 2 heterocycles. The highest BCUT2D eigenvalue weighted by atomic mass is 16.5. The van der Waals surface area contributed by atoms with E-state index in [2.05, 4.69) is 17.6 Å². The fraction of sp³-hybridized carbons (Fsp3) is 0.929. The number of rotatable bonds is 5. The van der Waals surface area contributed by atoms with Crippen LogP contribution in [0, 0.1) is 0 Å². The molecule has 0 aromatic heterocycles. The summed E-state index contributed by atoms with van der Waals surface area (Å²) in [5, 5.41) is 6.86. The van der Waals surface area contributed by atoms with E-state index in [1.165, 1.54) is 0 Å². The van der Waals surface area contributed by atoms with Crippen LogP contribution in [0.4, 0.5) is 0 Å². The van der Waals surface area contributed by atoms with Crippen LogP contribution in [-0.4, -0.2) is 61.8 Å². The molecule has 110 valence electrons. The zero-order valence-electron chi connectivity index (χ0n) is 12.2. The predicted molar refractivity (Wildman–Crippen MR) is 75.1 cm³/mol. The van der Waals surface area contributed by atoms with Crippen molar-refractivity contribution in [2.45, 2.75) is 51.2 Å². The van der Waals surface area contributed by atoms with Gasteiger partial charge in [0.25, 0.3) is 0 Å². The number of ether oxygens (including phenoxy) is 1. The highest BCUT2D eigenvalue weighted by molar-refractivity contribution is 5.81. The molecule has 0 aromatic rings. The molecule has 2 fully saturated rings. The van der Waals surface area contributed by atoms with Gasteiger partial charge in [0.2, 0.25) is 5.91 Å². The molecule has 2 aliphatic rings. The standard InChI is InChI=1S/C14H27N3O2/c1-11(9-13-10-19-8-5-15-13)16-12(2)14(18)17-6-3-4-7-17/h11-13,15-16H,3-10H2,1-2H3. The molecule has 0 radical (unpaired) electrons. The van der Waals surface area contributed by atoms with E-state index in [1.54, 1.807) is 0 Å². The Morgan fingerprint density at radius 1 is 1.42 bits per heavy atom. The molecule has 2 aliphatic heterocycles. The Morgan fingerprint density at radius 3 is 2.79 bits per heavy atom. The molecular formula is C14H27N3O2. The first-order valence-corrected chi connectivity index (χ1v) is 7.53. The minimum Gasteiger partial charge on any atom is -0.379 e. The first-order valence-electron chi connectivity index (χ1n) is 7.53. The lowest BCUT2D eigenvalue weighted by Gasteiger charge is -2.29. The number of amides is 1. The van der Waals surface area contributed by atoms with Crippen LogP contribution in [0.25, 0.3) is 0 Å². The summed E-state index contributed by atoms with van der Waals surface area (Å²) in [5.41, 5.74) is 0. The predicted octanol–water partition coefficient (Wildman–Crippen LogP) is 0.354. The van der Waals surface area contributed by atoms with E-state index in [-0.39, 0.29) is 11.9 Å². The van der Waals surface area contributed by atoms with Gasteiger partial charge in [-0.3, -0.25) is 4.79 Å². The van der Waals surface area contributed by atoms with Crippen LogP contribution in [0.15, 0.2) is 0 Å². The van der Waals surface area contributed by atoms with E-state index < -0.39 is 0 Å². The minimum atomic E-state index is -0.0855. The maximum Gasteiger partial charge on any atom is 0.239 e. The van der Waals surface area contributed by atoms with Crippen molar-refractivity contribution in [3.05, 3.63) is 0 Å². The molecule has 3 atom stereocenters. The van der Waals surface area contributed by atoms with Gasteiger partial charge in [0, 0.05) is 31.7 Å². The van der Waals surface area contributed by atoms with Gasteiger partial charge in [0.05, 0.1) is 19.3 Å². The number of nitrogens with one attached hydrogen (secondary N) is 2. The number of carbonyl (C=O) groups is 1. The molecule has 2 rings (SSSR count). The van der Waals surface area contributed by atoms with Gasteiger partial charge in [0.1, 0.15) is 0 Å². The molecule has 0 spiro atoms. The SMILES string of the molecule is CC(CC1COCCN1)NC(C)C(=O)N1CCCC1. The molecule has 0 bridgehead atoms. The Balaban J connectivity index is 1.70. The highest BCUT2D eigenvalue weighted by Gasteiger charge is 2.25. The molecule has 5 heteroatoms. The van der Waals surface area contributed by atoms with E-state index in [0.29, 0.717) is 12.1 Å². The first-order chi connectivity index (χ1) is 9.16. The lowest BCUT2D eigenvalue weighted by atomic mass is 10.1. The molecule has 3 unspecified atom stereocenters. The van der Waals surface area contributed by atoms with Crippen LogP contribution >= 0.6 is 0 Å². The Bertz CT molecular complexity index is 286. The van der Waals surface area contributed by atoms with Crippen molar-refractivity contribution in [1.82, 2.24) is 15.5 Å². The zero-order valence-corrected chi connectivity index (χ0v) is 12.2. The lowest BCUT2D eigenvalue weighted by molar-refractivity contribution is -0.132. The van der Waals surface area contributed by atoms with Crippen molar-refractivity contribution in [3.63, 3.8) is 0 Å². The molecular weight excluding hydrogens is 242 g/mol. The molecule has 0 aliphatic carbocycles. The summed E-state index contributed by atoms with van der Waals surface area (Å²) in [5.74, 6) is 0.247. The van der Waals surface area contributed by atoms with Gasteiger partial charge in [-0.2, -0.15) is 0 Å². The fourth-order valence-corrected chi connectivity index (χ4v) is 2.98. The van der Waals surface area contributed by atoms with Crippen molar-refractivity contribution in [2.75, 3.05) is 32.8 Å². The van der Waals surface area contributed by atoms with Crippen LogP contribution < -0.4 is 10.6 Å². The van der Waals surface area contributed by atoms with E-state index in [1.807, 2.05) is 11.8 Å². The van der Waals surface area contributed by atoms with Crippen molar-refractivity contribution >= 4 is 5.91 Å². The first kappa shape index (κ1) is 14.8.